The molecule has 35 heavy (non-hydrogen) atoms. The van der Waals surface area contributed by atoms with Crippen LogP contribution in [0.3, 0.4) is 0 Å². The third-order valence-corrected chi connectivity index (χ3v) is 6.16. The third kappa shape index (κ3) is 5.66. The molecule has 8 nitrogen and oxygen atoms in total. The molecule has 8 heteroatoms. The largest absolute Gasteiger partial charge is 0.488 e. The molecule has 0 unspecified atom stereocenters. The molecule has 0 atom stereocenters. The summed E-state index contributed by atoms with van der Waals surface area (Å²) < 4.78 is 6.24. The van der Waals surface area contributed by atoms with Gasteiger partial charge in [-0.1, -0.05) is 49.6 Å². The third-order valence-electron chi connectivity index (χ3n) is 6.16. The van der Waals surface area contributed by atoms with Crippen LogP contribution in [0, 0.1) is 0 Å². The number of hydrogen-bond donors (Lipinski definition) is 3. The van der Waals surface area contributed by atoms with Crippen LogP contribution in [0.2, 0.25) is 0 Å². The van der Waals surface area contributed by atoms with Crippen molar-refractivity contribution in [2.75, 3.05) is 16.8 Å². The molecule has 0 amide bonds. The fraction of sp³-hybridized carbons (Fsp3) is 0.259. The first kappa shape index (κ1) is 22.6. The minimum absolute atomic E-state index is 0.214. The van der Waals surface area contributed by atoms with Crippen LogP contribution in [0.4, 0.5) is 17.7 Å². The van der Waals surface area contributed by atoms with Crippen molar-refractivity contribution >= 4 is 17.7 Å². The van der Waals surface area contributed by atoms with Crippen LogP contribution in [0.15, 0.2) is 66.9 Å². The summed E-state index contributed by atoms with van der Waals surface area (Å²) in [6, 6.07) is 20.1. The lowest BCUT2D eigenvalue weighted by atomic mass is 9.95. The fourth-order valence-electron chi connectivity index (χ4n) is 4.42. The highest BCUT2D eigenvalue weighted by Gasteiger charge is 2.17. The summed E-state index contributed by atoms with van der Waals surface area (Å²) in [5.41, 5.74) is 16.1. The van der Waals surface area contributed by atoms with Crippen LogP contribution < -0.4 is 21.5 Å². The summed E-state index contributed by atoms with van der Waals surface area (Å²) in [5.74, 6) is 1.86. The lowest BCUT2D eigenvalue weighted by molar-refractivity contribution is 0.307. The van der Waals surface area contributed by atoms with Gasteiger partial charge in [0, 0.05) is 29.4 Å². The van der Waals surface area contributed by atoms with E-state index < -0.39 is 0 Å². The van der Waals surface area contributed by atoms with Crippen molar-refractivity contribution < 1.29 is 4.74 Å². The van der Waals surface area contributed by atoms with Crippen molar-refractivity contribution in [2.45, 2.75) is 44.8 Å². The standard InChI is InChI=1S/C27H29N7O/c28-26-30-14-13-22(32-26)19-11-12-24(35-17-18-7-3-1-4-8-18)21(15-19)23-16-25(34-27(29)33-23)31-20-9-5-2-6-10-20/h1,3-4,7-8,11-16,20H,2,5-6,9-10,17H2,(H2,28,30,32)(H3,29,31,33,34). The number of nitrogen functional groups attached to an aromatic ring is 2. The molecule has 1 fully saturated rings. The predicted octanol–water partition coefficient (Wildman–Crippen LogP) is 5.09. The van der Waals surface area contributed by atoms with Crippen molar-refractivity contribution in [2.24, 2.45) is 0 Å². The molecule has 2 aromatic carbocycles. The summed E-state index contributed by atoms with van der Waals surface area (Å²) in [7, 11) is 0. The van der Waals surface area contributed by atoms with E-state index in [9.17, 15) is 0 Å². The van der Waals surface area contributed by atoms with E-state index in [1.54, 1.807) is 6.20 Å². The van der Waals surface area contributed by atoms with E-state index in [2.05, 4.69) is 25.3 Å². The molecule has 0 radical (unpaired) electrons. The van der Waals surface area contributed by atoms with E-state index in [0.29, 0.717) is 24.1 Å². The first-order valence-corrected chi connectivity index (χ1v) is 12.0. The van der Waals surface area contributed by atoms with Crippen LogP contribution in [0.1, 0.15) is 37.7 Å². The van der Waals surface area contributed by atoms with Crippen molar-refractivity contribution in [3.63, 3.8) is 0 Å². The number of nitrogens with two attached hydrogens (primary N) is 2. The molecule has 178 valence electrons. The first-order chi connectivity index (χ1) is 17.1. The molecule has 2 heterocycles. The minimum Gasteiger partial charge on any atom is -0.488 e. The Bertz CT molecular complexity index is 1290. The fourth-order valence-corrected chi connectivity index (χ4v) is 4.42. The van der Waals surface area contributed by atoms with E-state index in [0.717, 1.165) is 41.0 Å². The topological polar surface area (TPSA) is 125 Å². The number of ether oxygens (including phenoxy) is 1. The number of hydrogen-bond acceptors (Lipinski definition) is 8. The van der Waals surface area contributed by atoms with Gasteiger partial charge in [-0.25, -0.2) is 15.0 Å². The minimum atomic E-state index is 0.214. The van der Waals surface area contributed by atoms with E-state index in [1.807, 2.05) is 60.7 Å². The first-order valence-electron chi connectivity index (χ1n) is 12.0. The number of aromatic nitrogens is 4. The van der Waals surface area contributed by atoms with E-state index in [4.69, 9.17) is 16.2 Å². The highest BCUT2D eigenvalue weighted by Crippen LogP contribution is 2.35. The molecule has 5 N–H and O–H groups in total. The number of rotatable bonds is 7. The molecule has 0 spiro atoms. The molecule has 5 rings (SSSR count). The second-order valence-corrected chi connectivity index (χ2v) is 8.76. The van der Waals surface area contributed by atoms with Gasteiger partial charge in [0.05, 0.1) is 11.4 Å². The number of anilines is 3. The molecular formula is C27H29N7O. The summed E-state index contributed by atoms with van der Waals surface area (Å²) in [5, 5.41) is 3.55. The number of benzene rings is 2. The van der Waals surface area contributed by atoms with Gasteiger partial charge >= 0.3 is 0 Å². The molecule has 0 saturated heterocycles. The molecule has 0 bridgehead atoms. The normalized spacial score (nSPS) is 13.9. The Morgan fingerprint density at radius 2 is 1.63 bits per heavy atom. The second kappa shape index (κ2) is 10.4. The molecule has 4 aromatic rings. The van der Waals surface area contributed by atoms with Gasteiger partial charge in [-0.2, -0.15) is 4.98 Å². The highest BCUT2D eigenvalue weighted by atomic mass is 16.5. The van der Waals surface area contributed by atoms with Gasteiger partial charge in [0.25, 0.3) is 0 Å². The average Bonchev–Trinajstić information content (AvgIpc) is 2.88. The van der Waals surface area contributed by atoms with Crippen LogP contribution in [-0.2, 0) is 6.61 Å². The van der Waals surface area contributed by atoms with Gasteiger partial charge in [-0.05, 0) is 42.7 Å². The van der Waals surface area contributed by atoms with Crippen LogP contribution in [-0.4, -0.2) is 26.0 Å². The summed E-state index contributed by atoms with van der Waals surface area (Å²) >= 11 is 0. The molecule has 1 aliphatic rings. The zero-order valence-corrected chi connectivity index (χ0v) is 19.5. The van der Waals surface area contributed by atoms with Crippen LogP contribution in [0.25, 0.3) is 22.5 Å². The van der Waals surface area contributed by atoms with E-state index >= 15 is 0 Å². The van der Waals surface area contributed by atoms with Crippen molar-refractivity contribution in [1.82, 2.24) is 19.9 Å². The second-order valence-electron chi connectivity index (χ2n) is 8.76. The SMILES string of the molecule is Nc1nccc(-c2ccc(OCc3ccccc3)c(-c3cc(NC4CCCCC4)nc(N)n3)c2)n1. The van der Waals surface area contributed by atoms with Crippen molar-refractivity contribution in [3.05, 3.63) is 72.4 Å². The maximum Gasteiger partial charge on any atom is 0.222 e. The highest BCUT2D eigenvalue weighted by molar-refractivity contribution is 5.76. The Morgan fingerprint density at radius 3 is 2.43 bits per heavy atom. The van der Waals surface area contributed by atoms with Gasteiger partial charge in [0.1, 0.15) is 18.2 Å². The summed E-state index contributed by atoms with van der Waals surface area (Å²) in [6.45, 7) is 0.432. The number of nitrogens with one attached hydrogen (secondary N) is 1. The lowest BCUT2D eigenvalue weighted by Crippen LogP contribution is -2.23. The smallest absolute Gasteiger partial charge is 0.222 e. The van der Waals surface area contributed by atoms with Gasteiger partial charge in [-0.3, -0.25) is 0 Å². The predicted molar refractivity (Wildman–Crippen MR) is 139 cm³/mol. The maximum absolute atomic E-state index is 6.24. The zero-order valence-electron chi connectivity index (χ0n) is 19.5. The van der Waals surface area contributed by atoms with Crippen LogP contribution in [0.5, 0.6) is 5.75 Å². The molecular weight excluding hydrogens is 438 g/mol. The quantitative estimate of drug-likeness (QED) is 0.343. The van der Waals surface area contributed by atoms with Crippen molar-refractivity contribution in [1.29, 1.82) is 0 Å². The molecule has 1 saturated carbocycles. The Balaban J connectivity index is 1.52. The summed E-state index contributed by atoms with van der Waals surface area (Å²) in [4.78, 5) is 17.4. The van der Waals surface area contributed by atoms with Gasteiger partial charge < -0.3 is 21.5 Å². The van der Waals surface area contributed by atoms with E-state index in [1.165, 1.54) is 19.3 Å². The summed E-state index contributed by atoms with van der Waals surface area (Å²) in [6.07, 6.45) is 7.66. The lowest BCUT2D eigenvalue weighted by Gasteiger charge is -2.23. The molecule has 1 aliphatic carbocycles. The maximum atomic E-state index is 6.24. The average molecular weight is 468 g/mol. The van der Waals surface area contributed by atoms with Gasteiger partial charge in [0.15, 0.2) is 0 Å². The van der Waals surface area contributed by atoms with E-state index in [-0.39, 0.29) is 11.9 Å². The van der Waals surface area contributed by atoms with Crippen molar-refractivity contribution in [3.8, 4) is 28.3 Å². The molecule has 2 aromatic heterocycles. The zero-order chi connectivity index (χ0) is 24.0. The Morgan fingerprint density at radius 1 is 0.829 bits per heavy atom. The monoisotopic (exact) mass is 467 g/mol. The molecule has 0 aliphatic heterocycles. The Hall–Kier alpha value is -4.20. The van der Waals surface area contributed by atoms with Gasteiger partial charge in [0.2, 0.25) is 11.9 Å². The Kier molecular flexibility index (Phi) is 6.70. The van der Waals surface area contributed by atoms with Gasteiger partial charge in [-0.15, -0.1) is 0 Å². The number of nitrogens with zero attached hydrogens (tertiary/aromatic N) is 4. The Labute approximate surface area is 204 Å². The van der Waals surface area contributed by atoms with Crippen LogP contribution >= 0.6 is 0 Å².